The number of nitrogens with one attached hydrogen (secondary N) is 1. The van der Waals surface area contributed by atoms with E-state index >= 15 is 0 Å². The van der Waals surface area contributed by atoms with Gasteiger partial charge in [-0.1, -0.05) is 7.43 Å². The fourth-order valence-corrected chi connectivity index (χ4v) is 5.64. The Morgan fingerprint density at radius 2 is 2.03 bits per heavy atom. The first kappa shape index (κ1) is 25.3. The van der Waals surface area contributed by atoms with Gasteiger partial charge in [-0.3, -0.25) is 0 Å². The molecule has 8 nitrogen and oxygen atoms in total. The van der Waals surface area contributed by atoms with Gasteiger partial charge >= 0.3 is 0 Å². The molecule has 1 unspecified atom stereocenters. The molecule has 2 aliphatic rings. The molecule has 0 aliphatic carbocycles. The third kappa shape index (κ3) is 5.55. The summed E-state index contributed by atoms with van der Waals surface area (Å²) in [5.74, 6) is 1.84. The summed E-state index contributed by atoms with van der Waals surface area (Å²) in [6.45, 7) is 2.30. The molecule has 2 aliphatic heterocycles. The van der Waals surface area contributed by atoms with Crippen LogP contribution in [0.15, 0.2) is 41.0 Å². The highest BCUT2D eigenvalue weighted by Crippen LogP contribution is 2.35. The van der Waals surface area contributed by atoms with Crippen molar-refractivity contribution >= 4 is 37.8 Å². The Bertz CT molecular complexity index is 1320. The van der Waals surface area contributed by atoms with Gasteiger partial charge in [-0.05, 0) is 49.6 Å². The Kier molecular flexibility index (Phi) is 7.53. The van der Waals surface area contributed by atoms with Gasteiger partial charge in [0.05, 0.1) is 33.2 Å². The molecule has 0 bridgehead atoms. The Labute approximate surface area is 205 Å². The van der Waals surface area contributed by atoms with E-state index in [1.807, 2.05) is 19.1 Å². The minimum absolute atomic E-state index is 0. The molecular formula is C25H31FN4O4S. The number of halogens is 1. The Hall–Kier alpha value is -2.82. The maximum Gasteiger partial charge on any atom is 0.157 e. The van der Waals surface area contributed by atoms with Gasteiger partial charge in [-0.25, -0.2) is 18.6 Å². The van der Waals surface area contributed by atoms with Crippen molar-refractivity contribution in [1.82, 2.24) is 9.97 Å². The number of ether oxygens (including phenoxy) is 3. The van der Waals surface area contributed by atoms with E-state index in [0.29, 0.717) is 53.0 Å². The van der Waals surface area contributed by atoms with Crippen molar-refractivity contribution in [3.8, 4) is 5.75 Å². The molecule has 5 rings (SSSR count). The molecule has 1 N–H and O–H groups in total. The number of fused-ring (bicyclic) bond motifs is 1. The van der Waals surface area contributed by atoms with Crippen molar-refractivity contribution in [3.63, 3.8) is 0 Å². The Morgan fingerprint density at radius 3 is 2.71 bits per heavy atom. The van der Waals surface area contributed by atoms with E-state index in [0.717, 1.165) is 23.8 Å². The fraction of sp³-hybridized carbons (Fsp3) is 0.440. The molecule has 1 aromatic heterocycles. The summed E-state index contributed by atoms with van der Waals surface area (Å²) < 4.78 is 48.0. The molecule has 35 heavy (non-hydrogen) atoms. The molecule has 10 heteroatoms. The van der Waals surface area contributed by atoms with Crippen LogP contribution in [0.5, 0.6) is 5.75 Å². The molecule has 188 valence electrons. The van der Waals surface area contributed by atoms with Crippen LogP contribution in [0.4, 0.5) is 21.6 Å². The standard InChI is InChI=1S/C24H27FN4O4S.CH4/c1-15-10-17(29-34(30)8-3-9-34)12-20-23(15)24(27-14-26-20)28-19-6-4-16(25)11-21(19)33-18-5-7-22(31-2)32-13-18;/h4,6,10-12,14,18,22H,3,5,7-9,13H2,1-2H3,(H,26,27,28);1H4/t18?,22-;/m0./s1. The van der Waals surface area contributed by atoms with Crippen LogP contribution in [0.2, 0.25) is 0 Å². The zero-order valence-corrected chi connectivity index (χ0v) is 19.9. The van der Waals surface area contributed by atoms with Crippen molar-refractivity contribution in [2.75, 3.05) is 30.5 Å². The van der Waals surface area contributed by atoms with Crippen LogP contribution < -0.4 is 10.1 Å². The lowest BCUT2D eigenvalue weighted by atomic mass is 10.1. The van der Waals surface area contributed by atoms with Crippen molar-refractivity contribution < 1.29 is 22.8 Å². The fourth-order valence-electron chi connectivity index (χ4n) is 4.18. The second kappa shape index (κ2) is 10.4. The number of methoxy groups -OCH3 is 1. The third-order valence-electron chi connectivity index (χ3n) is 6.06. The van der Waals surface area contributed by atoms with Crippen LogP contribution in [0.25, 0.3) is 10.9 Å². The van der Waals surface area contributed by atoms with Gasteiger partial charge in [0.25, 0.3) is 0 Å². The third-order valence-corrected chi connectivity index (χ3v) is 8.46. The largest absolute Gasteiger partial charge is 0.486 e. The van der Waals surface area contributed by atoms with E-state index in [-0.39, 0.29) is 19.8 Å². The minimum atomic E-state index is -2.12. The van der Waals surface area contributed by atoms with Crippen molar-refractivity contribution in [2.45, 2.75) is 46.0 Å². The van der Waals surface area contributed by atoms with E-state index in [9.17, 15) is 8.60 Å². The summed E-state index contributed by atoms with van der Waals surface area (Å²) in [6.07, 6.45) is 3.40. The quantitative estimate of drug-likeness (QED) is 0.476. The molecule has 2 aromatic carbocycles. The second-order valence-electron chi connectivity index (χ2n) is 8.59. The number of benzene rings is 2. The molecule has 2 atom stereocenters. The summed E-state index contributed by atoms with van der Waals surface area (Å²) in [6, 6.07) is 8.08. The number of anilines is 2. The summed E-state index contributed by atoms with van der Waals surface area (Å²) in [7, 11) is -0.509. The highest BCUT2D eigenvalue weighted by molar-refractivity contribution is 7.95. The van der Waals surface area contributed by atoms with Crippen molar-refractivity contribution in [2.24, 2.45) is 4.36 Å². The normalized spacial score (nSPS) is 21.0. The first-order valence-corrected chi connectivity index (χ1v) is 13.1. The van der Waals surface area contributed by atoms with E-state index in [4.69, 9.17) is 14.2 Å². The van der Waals surface area contributed by atoms with Gasteiger partial charge in [-0.15, -0.1) is 0 Å². The predicted octanol–water partition coefficient (Wildman–Crippen LogP) is 5.49. The predicted molar refractivity (Wildman–Crippen MR) is 136 cm³/mol. The maximum atomic E-state index is 14.1. The lowest BCUT2D eigenvalue weighted by Crippen LogP contribution is -2.34. The summed E-state index contributed by atoms with van der Waals surface area (Å²) in [5.41, 5.74) is 2.84. The molecule has 2 fully saturated rings. The highest BCUT2D eigenvalue weighted by Gasteiger charge is 2.24. The van der Waals surface area contributed by atoms with Crippen molar-refractivity contribution in [3.05, 3.63) is 48.0 Å². The van der Waals surface area contributed by atoms with Crippen LogP contribution in [0.3, 0.4) is 0 Å². The van der Waals surface area contributed by atoms with Crippen molar-refractivity contribution in [1.29, 1.82) is 0 Å². The van der Waals surface area contributed by atoms with Gasteiger partial charge in [0.1, 0.15) is 29.8 Å². The van der Waals surface area contributed by atoms with E-state index in [2.05, 4.69) is 19.6 Å². The van der Waals surface area contributed by atoms with Gasteiger partial charge in [-0.2, -0.15) is 4.36 Å². The van der Waals surface area contributed by atoms with Gasteiger partial charge in [0.15, 0.2) is 6.29 Å². The number of hydrogen-bond donors (Lipinski definition) is 1. The smallest absolute Gasteiger partial charge is 0.157 e. The maximum absolute atomic E-state index is 14.1. The van der Waals surface area contributed by atoms with Gasteiger partial charge in [0, 0.05) is 36.5 Å². The first-order valence-electron chi connectivity index (χ1n) is 11.3. The van der Waals surface area contributed by atoms with Crippen LogP contribution in [0.1, 0.15) is 32.3 Å². The lowest BCUT2D eigenvalue weighted by molar-refractivity contribution is -0.168. The number of hydrogen-bond acceptors (Lipinski definition) is 8. The van der Waals surface area contributed by atoms with E-state index < -0.39 is 15.5 Å². The minimum Gasteiger partial charge on any atom is -0.486 e. The summed E-state index contributed by atoms with van der Waals surface area (Å²) >= 11 is 0. The van der Waals surface area contributed by atoms with Crippen LogP contribution in [0, 0.1) is 12.7 Å². The average molecular weight is 503 g/mol. The zero-order valence-electron chi connectivity index (χ0n) is 19.1. The monoisotopic (exact) mass is 502 g/mol. The first-order chi connectivity index (χ1) is 16.4. The number of nitrogens with zero attached hydrogens (tertiary/aromatic N) is 3. The molecular weight excluding hydrogens is 471 g/mol. The topological polar surface area (TPSA) is 94.9 Å². The average Bonchev–Trinajstić information content (AvgIpc) is 2.80. The SMILES string of the molecule is C.CO[C@@H]1CCC(Oc2cc(F)ccc2Nc2ncnc3cc(N=S4(=O)CCC4)cc(C)c23)CO1. The van der Waals surface area contributed by atoms with Crippen LogP contribution in [-0.2, 0) is 19.2 Å². The van der Waals surface area contributed by atoms with E-state index in [1.165, 1.54) is 18.5 Å². The molecule has 0 saturated carbocycles. The molecule has 2 saturated heterocycles. The van der Waals surface area contributed by atoms with Gasteiger partial charge in [0.2, 0.25) is 0 Å². The van der Waals surface area contributed by atoms with E-state index in [1.54, 1.807) is 13.2 Å². The Balaban J connectivity index is 0.00000289. The lowest BCUT2D eigenvalue weighted by Gasteiger charge is -2.29. The second-order valence-corrected chi connectivity index (χ2v) is 11.1. The summed E-state index contributed by atoms with van der Waals surface area (Å²) in [5, 5.41) is 4.10. The molecule has 3 heterocycles. The van der Waals surface area contributed by atoms with Gasteiger partial charge < -0.3 is 19.5 Å². The molecule has 0 amide bonds. The highest BCUT2D eigenvalue weighted by atomic mass is 32.2. The number of aromatic nitrogens is 2. The molecule has 0 spiro atoms. The Morgan fingerprint density at radius 1 is 1.20 bits per heavy atom. The molecule has 3 aromatic rings. The number of aryl methyl sites for hydroxylation is 1. The zero-order chi connectivity index (χ0) is 23.7. The number of rotatable bonds is 6. The molecule has 0 radical (unpaired) electrons. The van der Waals surface area contributed by atoms with Crippen LogP contribution >= 0.6 is 0 Å². The van der Waals surface area contributed by atoms with Crippen LogP contribution in [-0.4, -0.2) is 51.8 Å². The summed E-state index contributed by atoms with van der Waals surface area (Å²) in [4.78, 5) is 8.83.